The van der Waals surface area contributed by atoms with Crippen molar-refractivity contribution >= 4 is 59.4 Å². The van der Waals surface area contributed by atoms with Crippen LogP contribution in [0.25, 0.3) is 0 Å². The predicted molar refractivity (Wildman–Crippen MR) is 68.7 cm³/mol. The predicted octanol–water partition coefficient (Wildman–Crippen LogP) is -1.96. The fourth-order valence-corrected chi connectivity index (χ4v) is 0.928. The second kappa shape index (κ2) is 14.4. The van der Waals surface area contributed by atoms with Gasteiger partial charge in [0.25, 0.3) is 0 Å². The summed E-state index contributed by atoms with van der Waals surface area (Å²) in [5, 5.41) is 49.6. The summed E-state index contributed by atoms with van der Waals surface area (Å²) in [6.45, 7) is 0. The zero-order chi connectivity index (χ0) is 17.2. The first-order valence-electron chi connectivity index (χ1n) is 5.23. The van der Waals surface area contributed by atoms with Gasteiger partial charge in [-0.3, -0.25) is 19.2 Å². The van der Waals surface area contributed by atoms with E-state index in [0.717, 1.165) is 0 Å². The number of aliphatic hydroxyl groups is 1. The first-order chi connectivity index (χ1) is 9.40. The normalized spacial score (nSPS) is 9.09. The standard InChI is InChI=1S/C6H8O7.C4H6O4.Fe.Na.H/c7-3(8)1-6(13,5(11)12)2-4(9)10;5-3(6)1-2-4(7)8;;;/h13H,1-2H2,(H,7,8)(H,9,10)(H,11,12);1-2H2,(H,5,6)(H,7,8);;;. The molecule has 0 unspecified atom stereocenters. The Morgan fingerprint density at radius 1 is 0.652 bits per heavy atom. The Labute approximate surface area is 162 Å². The number of carbonyl (C=O) groups is 5. The summed E-state index contributed by atoms with van der Waals surface area (Å²) in [5.74, 6) is -7.17. The van der Waals surface area contributed by atoms with Crippen LogP contribution in [-0.2, 0) is 41.0 Å². The molecule has 0 aromatic carbocycles. The molecular weight excluding hydrogens is 375 g/mol. The maximum absolute atomic E-state index is 10.3. The van der Waals surface area contributed by atoms with Crippen LogP contribution in [0, 0.1) is 0 Å². The first-order valence-corrected chi connectivity index (χ1v) is 5.23. The zero-order valence-corrected chi connectivity index (χ0v) is 12.0. The van der Waals surface area contributed by atoms with Gasteiger partial charge in [-0.1, -0.05) is 0 Å². The fraction of sp³-hybridized carbons (Fsp3) is 0.500. The van der Waals surface area contributed by atoms with E-state index in [2.05, 4.69) is 0 Å². The van der Waals surface area contributed by atoms with Gasteiger partial charge in [0.05, 0.1) is 25.7 Å². The molecule has 0 heterocycles. The molecule has 6 N–H and O–H groups in total. The van der Waals surface area contributed by atoms with Crippen molar-refractivity contribution in [2.45, 2.75) is 31.3 Å². The number of carboxylic acid groups (broad SMARTS) is 5. The van der Waals surface area contributed by atoms with Gasteiger partial charge in [0.15, 0.2) is 5.60 Å². The molecule has 0 radical (unpaired) electrons. The summed E-state index contributed by atoms with van der Waals surface area (Å²) < 4.78 is 0. The minimum atomic E-state index is -2.74. The van der Waals surface area contributed by atoms with Crippen LogP contribution in [0.4, 0.5) is 0 Å². The van der Waals surface area contributed by atoms with Gasteiger partial charge in [-0.25, -0.2) is 4.79 Å². The van der Waals surface area contributed by atoms with E-state index in [1.165, 1.54) is 0 Å². The van der Waals surface area contributed by atoms with E-state index in [1.807, 2.05) is 0 Å². The molecule has 23 heavy (non-hydrogen) atoms. The van der Waals surface area contributed by atoms with Crippen LogP contribution in [0.5, 0.6) is 0 Å². The molecule has 0 saturated carbocycles. The summed E-state index contributed by atoms with van der Waals surface area (Å²) in [6, 6.07) is 0. The van der Waals surface area contributed by atoms with Crippen molar-refractivity contribution in [1.29, 1.82) is 0 Å². The Bertz CT molecular complexity index is 407. The van der Waals surface area contributed by atoms with Gasteiger partial charge in [0.2, 0.25) is 0 Å². The van der Waals surface area contributed by atoms with Crippen molar-refractivity contribution in [3.8, 4) is 0 Å². The fourth-order valence-electron chi connectivity index (χ4n) is 0.928. The van der Waals surface area contributed by atoms with Gasteiger partial charge in [-0.05, 0) is 0 Å². The van der Waals surface area contributed by atoms with Gasteiger partial charge in [-0.15, -0.1) is 0 Å². The van der Waals surface area contributed by atoms with Crippen LogP contribution in [0.3, 0.4) is 0 Å². The van der Waals surface area contributed by atoms with Crippen LogP contribution in [-0.4, -0.2) is 95.6 Å². The van der Waals surface area contributed by atoms with Crippen molar-refractivity contribution in [2.75, 3.05) is 0 Å². The van der Waals surface area contributed by atoms with Crippen molar-refractivity contribution in [3.05, 3.63) is 0 Å². The van der Waals surface area contributed by atoms with Crippen LogP contribution in [0.1, 0.15) is 25.7 Å². The van der Waals surface area contributed by atoms with Gasteiger partial charge < -0.3 is 30.6 Å². The maximum atomic E-state index is 10.3. The minimum absolute atomic E-state index is 0. The van der Waals surface area contributed by atoms with Crippen molar-refractivity contribution in [3.63, 3.8) is 0 Å². The average molecular weight is 390 g/mol. The molecule has 11 nitrogen and oxygen atoms in total. The third-order valence-corrected chi connectivity index (χ3v) is 1.84. The molecule has 0 aliphatic rings. The summed E-state index contributed by atoms with van der Waals surface area (Å²) in [4.78, 5) is 49.8. The van der Waals surface area contributed by atoms with Gasteiger partial charge in [0.1, 0.15) is 0 Å². The van der Waals surface area contributed by atoms with Crippen molar-refractivity contribution < 1.29 is 71.7 Å². The first kappa shape index (κ1) is 29.8. The second-order valence-corrected chi connectivity index (χ2v) is 3.77. The number of hydrogen-bond acceptors (Lipinski definition) is 6. The molecule has 0 atom stereocenters. The van der Waals surface area contributed by atoms with Gasteiger partial charge in [0, 0.05) is 17.1 Å². The molecule has 0 spiro atoms. The summed E-state index contributed by atoms with van der Waals surface area (Å²) in [6.07, 6.45) is -2.88. The number of carboxylic acids is 5. The van der Waals surface area contributed by atoms with Crippen molar-refractivity contribution in [1.82, 2.24) is 0 Å². The molecule has 0 bridgehead atoms. The molecule has 0 amide bonds. The Balaban J connectivity index is -0.000000158. The Morgan fingerprint density at radius 3 is 1.04 bits per heavy atom. The second-order valence-electron chi connectivity index (χ2n) is 3.77. The number of hydrogen-bond donors (Lipinski definition) is 6. The third-order valence-electron chi connectivity index (χ3n) is 1.84. The van der Waals surface area contributed by atoms with Crippen LogP contribution in [0.15, 0.2) is 0 Å². The van der Waals surface area contributed by atoms with Crippen molar-refractivity contribution in [2.24, 2.45) is 0 Å². The van der Waals surface area contributed by atoms with Crippen LogP contribution >= 0.6 is 0 Å². The summed E-state index contributed by atoms with van der Waals surface area (Å²) in [7, 11) is 0. The van der Waals surface area contributed by atoms with Crippen LogP contribution < -0.4 is 0 Å². The number of rotatable bonds is 8. The summed E-state index contributed by atoms with van der Waals surface area (Å²) in [5.41, 5.74) is -2.74. The SMILES string of the molecule is O=C(O)CC(O)(CC(=O)O)C(=O)O.O=C(O)CCC(=O)O.[Fe].[NaH]. The molecule has 0 aromatic rings. The quantitative estimate of drug-likeness (QED) is 0.251. The molecular formula is C10H15FeNaO11. The Kier molecular flexibility index (Phi) is 18.7. The number of aliphatic carboxylic acids is 5. The van der Waals surface area contributed by atoms with E-state index in [-0.39, 0.29) is 59.5 Å². The molecule has 0 aliphatic carbocycles. The van der Waals surface area contributed by atoms with Crippen LogP contribution in [0.2, 0.25) is 0 Å². The van der Waals surface area contributed by atoms with Gasteiger partial charge in [-0.2, -0.15) is 0 Å². The Hall–Kier alpha value is -1.17. The van der Waals surface area contributed by atoms with E-state index >= 15 is 0 Å². The summed E-state index contributed by atoms with van der Waals surface area (Å²) >= 11 is 0. The molecule has 0 fully saturated rings. The van der Waals surface area contributed by atoms with E-state index < -0.39 is 48.3 Å². The monoisotopic (exact) mass is 390 g/mol. The Morgan fingerprint density at radius 2 is 0.913 bits per heavy atom. The molecule has 0 saturated heterocycles. The zero-order valence-electron chi connectivity index (χ0n) is 10.9. The van der Waals surface area contributed by atoms with Gasteiger partial charge >= 0.3 is 59.4 Å². The molecule has 0 aromatic heterocycles. The van der Waals surface area contributed by atoms with E-state index in [0.29, 0.717) is 0 Å². The average Bonchev–Trinajstić information content (AvgIpc) is 2.24. The molecule has 0 rings (SSSR count). The van der Waals surface area contributed by atoms with E-state index in [1.54, 1.807) is 0 Å². The third kappa shape index (κ3) is 18.8. The van der Waals surface area contributed by atoms with E-state index in [4.69, 9.17) is 30.6 Å². The van der Waals surface area contributed by atoms with E-state index in [9.17, 15) is 24.0 Å². The molecule has 0 aliphatic heterocycles. The molecule has 13 heteroatoms. The topological polar surface area (TPSA) is 207 Å². The molecule has 130 valence electrons.